The molecule has 2 aromatic carbocycles. The van der Waals surface area contributed by atoms with E-state index in [4.69, 9.17) is 9.84 Å². The molecular formula is C26H29FN4O3. The molecule has 0 aromatic heterocycles. The molecule has 3 heterocycles. The maximum absolute atomic E-state index is 14.2. The lowest BCUT2D eigenvalue weighted by molar-refractivity contribution is 0.0858. The van der Waals surface area contributed by atoms with Gasteiger partial charge in [0.05, 0.1) is 24.3 Å². The van der Waals surface area contributed by atoms with Gasteiger partial charge in [0.2, 0.25) is 0 Å². The van der Waals surface area contributed by atoms with Gasteiger partial charge in [-0.3, -0.25) is 0 Å². The molecule has 4 aliphatic rings. The monoisotopic (exact) mass is 464 g/mol. The van der Waals surface area contributed by atoms with Crippen molar-refractivity contribution in [2.45, 2.75) is 43.8 Å². The number of carbonyl (C=O) groups is 1. The summed E-state index contributed by atoms with van der Waals surface area (Å²) in [6.45, 7) is 2.27. The van der Waals surface area contributed by atoms with Crippen LogP contribution in [-0.4, -0.2) is 70.5 Å². The van der Waals surface area contributed by atoms with Crippen molar-refractivity contribution in [3.8, 4) is 11.5 Å². The number of benzene rings is 2. The number of phenols is 1. The highest BCUT2D eigenvalue weighted by atomic mass is 19.1. The topological polar surface area (TPSA) is 68.6 Å². The lowest BCUT2D eigenvalue weighted by Gasteiger charge is -2.40. The first-order valence-electron chi connectivity index (χ1n) is 12.1. The predicted octanol–water partition coefficient (Wildman–Crippen LogP) is 3.98. The van der Waals surface area contributed by atoms with Gasteiger partial charge in [-0.15, -0.1) is 0 Å². The van der Waals surface area contributed by atoms with E-state index >= 15 is 0 Å². The molecular weight excluding hydrogens is 435 g/mol. The molecule has 2 amide bonds. The average molecular weight is 465 g/mol. The van der Waals surface area contributed by atoms with Crippen molar-refractivity contribution in [1.29, 1.82) is 0 Å². The Morgan fingerprint density at radius 3 is 2.62 bits per heavy atom. The number of hydrogen-bond donors (Lipinski definition) is 1. The highest BCUT2D eigenvalue weighted by Crippen LogP contribution is 2.45. The van der Waals surface area contributed by atoms with Gasteiger partial charge in [0.15, 0.2) is 0 Å². The first kappa shape index (κ1) is 21.4. The Labute approximate surface area is 198 Å². The van der Waals surface area contributed by atoms with Crippen LogP contribution in [-0.2, 0) is 0 Å². The number of hydrogen-bond acceptors (Lipinski definition) is 5. The van der Waals surface area contributed by atoms with Crippen LogP contribution in [0.25, 0.3) is 0 Å². The molecule has 6 rings (SSSR count). The molecule has 7 nitrogen and oxygen atoms in total. The number of amides is 2. The fourth-order valence-electron chi connectivity index (χ4n) is 5.60. The molecule has 1 N–H and O–H groups in total. The van der Waals surface area contributed by atoms with Gasteiger partial charge in [-0.05, 0) is 81.7 Å². The number of fused-ring (bicyclic) bond motifs is 3. The highest BCUT2D eigenvalue weighted by Gasteiger charge is 2.49. The fraction of sp³-hybridized carbons (Fsp3) is 0.462. The molecule has 2 atom stereocenters. The van der Waals surface area contributed by atoms with E-state index < -0.39 is 6.04 Å². The minimum absolute atomic E-state index is 0.106. The normalized spacial score (nSPS) is 24.8. The second kappa shape index (κ2) is 8.27. The van der Waals surface area contributed by atoms with E-state index in [0.717, 1.165) is 44.3 Å². The summed E-state index contributed by atoms with van der Waals surface area (Å²) in [4.78, 5) is 18.5. The number of likely N-dealkylation sites (tertiary alicyclic amines) is 1. The Morgan fingerprint density at radius 2 is 1.88 bits per heavy atom. The van der Waals surface area contributed by atoms with Gasteiger partial charge in [-0.2, -0.15) is 5.10 Å². The van der Waals surface area contributed by atoms with Crippen LogP contribution in [0, 0.1) is 11.7 Å². The van der Waals surface area contributed by atoms with Gasteiger partial charge in [0, 0.05) is 17.6 Å². The number of ether oxygens (including phenoxy) is 1. The largest absolute Gasteiger partial charge is 0.508 e. The van der Waals surface area contributed by atoms with Gasteiger partial charge in [-0.1, -0.05) is 12.1 Å². The van der Waals surface area contributed by atoms with Crippen LogP contribution in [0.3, 0.4) is 0 Å². The first-order chi connectivity index (χ1) is 16.5. The van der Waals surface area contributed by atoms with Gasteiger partial charge in [-0.25, -0.2) is 14.2 Å². The summed E-state index contributed by atoms with van der Waals surface area (Å²) in [5, 5.41) is 16.6. The average Bonchev–Trinajstić information content (AvgIpc) is 3.58. The van der Waals surface area contributed by atoms with E-state index in [0.29, 0.717) is 23.6 Å². The Bertz CT molecular complexity index is 1140. The van der Waals surface area contributed by atoms with Crippen LogP contribution in [0.4, 0.5) is 9.18 Å². The molecule has 0 bridgehead atoms. The van der Waals surface area contributed by atoms with E-state index in [-0.39, 0.29) is 35.6 Å². The molecule has 2 aromatic rings. The summed E-state index contributed by atoms with van der Waals surface area (Å²) >= 11 is 0. The van der Waals surface area contributed by atoms with Gasteiger partial charge >= 0.3 is 6.03 Å². The minimum atomic E-state index is -0.432. The second-order valence-electron chi connectivity index (χ2n) is 9.88. The SMILES string of the molecule is CN1CCC(N(C(=O)N2N=C3c4cc(F)ccc4OC[C@@H]3[C@H]2c2cccc(O)c2)C2CC2)CC1. The number of rotatable bonds is 3. The molecule has 0 unspecified atom stereocenters. The molecule has 178 valence electrons. The number of hydrazone groups is 1. The second-order valence-corrected chi connectivity index (χ2v) is 9.88. The molecule has 2 fully saturated rings. The smallest absolute Gasteiger partial charge is 0.341 e. The molecule has 1 saturated heterocycles. The van der Waals surface area contributed by atoms with Crippen molar-refractivity contribution in [2.24, 2.45) is 11.0 Å². The van der Waals surface area contributed by atoms with Crippen LogP contribution in [0.1, 0.15) is 42.9 Å². The van der Waals surface area contributed by atoms with Crippen LogP contribution >= 0.6 is 0 Å². The zero-order valence-corrected chi connectivity index (χ0v) is 19.2. The summed E-state index contributed by atoms with van der Waals surface area (Å²) in [5.41, 5.74) is 2.05. The number of nitrogens with zero attached hydrogens (tertiary/aromatic N) is 4. The highest BCUT2D eigenvalue weighted by molar-refractivity contribution is 6.07. The summed E-state index contributed by atoms with van der Waals surface area (Å²) in [6, 6.07) is 11.3. The summed E-state index contributed by atoms with van der Waals surface area (Å²) in [6.07, 6.45) is 3.92. The van der Waals surface area contributed by atoms with E-state index in [2.05, 4.69) is 16.8 Å². The van der Waals surface area contributed by atoms with Crippen molar-refractivity contribution in [3.05, 3.63) is 59.4 Å². The van der Waals surface area contributed by atoms with Crippen molar-refractivity contribution < 1.29 is 19.0 Å². The van der Waals surface area contributed by atoms with Crippen LogP contribution in [0.2, 0.25) is 0 Å². The zero-order valence-electron chi connectivity index (χ0n) is 19.2. The lowest BCUT2D eigenvalue weighted by atomic mass is 9.85. The Morgan fingerprint density at radius 1 is 1.12 bits per heavy atom. The third kappa shape index (κ3) is 3.70. The minimum Gasteiger partial charge on any atom is -0.508 e. The Kier molecular flexibility index (Phi) is 5.21. The summed E-state index contributed by atoms with van der Waals surface area (Å²) < 4.78 is 20.1. The molecule has 3 aliphatic heterocycles. The van der Waals surface area contributed by atoms with Gasteiger partial charge < -0.3 is 19.6 Å². The van der Waals surface area contributed by atoms with Gasteiger partial charge in [0.25, 0.3) is 0 Å². The van der Waals surface area contributed by atoms with Crippen LogP contribution < -0.4 is 4.74 Å². The number of phenolic OH excluding ortho intramolecular Hbond substituents is 1. The molecule has 8 heteroatoms. The molecule has 1 saturated carbocycles. The van der Waals surface area contributed by atoms with Crippen molar-refractivity contribution in [1.82, 2.24) is 14.8 Å². The quantitative estimate of drug-likeness (QED) is 0.746. The standard InChI is InChI=1S/C26H29FN4O3/c1-29-11-9-19(10-12-29)30(18-6-7-18)26(33)31-25(16-3-2-4-20(32)13-16)22-15-34-23-8-5-17(27)14-21(23)24(22)28-31/h2-5,8,13-14,18-19,22,25,32H,6-7,9-12,15H2,1H3/t22-,25+/m0/s1. The van der Waals surface area contributed by atoms with Crippen molar-refractivity contribution >= 4 is 11.7 Å². The summed E-state index contributed by atoms with van der Waals surface area (Å²) in [7, 11) is 2.12. The van der Waals surface area contributed by atoms with E-state index in [9.17, 15) is 14.3 Å². The Hall–Kier alpha value is -3.13. The van der Waals surface area contributed by atoms with Crippen molar-refractivity contribution in [2.75, 3.05) is 26.7 Å². The number of urea groups is 1. The molecule has 0 radical (unpaired) electrons. The lowest BCUT2D eigenvalue weighted by Crippen LogP contribution is -2.51. The van der Waals surface area contributed by atoms with E-state index in [1.54, 1.807) is 29.3 Å². The third-order valence-corrected chi connectivity index (χ3v) is 7.50. The first-order valence-corrected chi connectivity index (χ1v) is 12.1. The van der Waals surface area contributed by atoms with Crippen LogP contribution in [0.5, 0.6) is 11.5 Å². The zero-order chi connectivity index (χ0) is 23.4. The Balaban J connectivity index is 1.41. The van der Waals surface area contributed by atoms with Crippen LogP contribution in [0.15, 0.2) is 47.6 Å². The molecule has 34 heavy (non-hydrogen) atoms. The fourth-order valence-corrected chi connectivity index (χ4v) is 5.60. The predicted molar refractivity (Wildman–Crippen MR) is 125 cm³/mol. The van der Waals surface area contributed by atoms with E-state index in [1.165, 1.54) is 12.1 Å². The maximum atomic E-state index is 14.2. The molecule has 1 aliphatic carbocycles. The number of aromatic hydroxyl groups is 1. The number of halogens is 1. The number of piperidine rings is 1. The number of carbonyl (C=O) groups excluding carboxylic acids is 1. The maximum Gasteiger partial charge on any atom is 0.341 e. The summed E-state index contributed by atoms with van der Waals surface area (Å²) in [5.74, 6) is 0.0968. The van der Waals surface area contributed by atoms with E-state index in [1.807, 2.05) is 6.07 Å². The molecule has 0 spiro atoms. The van der Waals surface area contributed by atoms with Gasteiger partial charge in [0.1, 0.15) is 17.3 Å². The third-order valence-electron chi connectivity index (χ3n) is 7.50. The van der Waals surface area contributed by atoms with Crippen molar-refractivity contribution in [3.63, 3.8) is 0 Å².